The minimum Gasteiger partial charge on any atom is -0.341 e. The number of hydrogen-bond donors (Lipinski definition) is 1. The van der Waals surface area contributed by atoms with Crippen molar-refractivity contribution in [3.8, 4) is 0 Å². The molecule has 0 aliphatic rings. The van der Waals surface area contributed by atoms with Gasteiger partial charge in [0, 0.05) is 23.3 Å². The summed E-state index contributed by atoms with van der Waals surface area (Å²) in [6.45, 7) is 1.72. The molecule has 1 aromatic carbocycles. The molecule has 122 valence electrons. The fraction of sp³-hybridized carbons (Fsp3) is 0.118. The lowest BCUT2D eigenvalue weighted by Crippen LogP contribution is -2.30. The zero-order chi connectivity index (χ0) is 17.1. The number of carbonyl (C=O) groups is 1. The van der Waals surface area contributed by atoms with Crippen molar-refractivity contribution in [1.29, 1.82) is 0 Å². The third kappa shape index (κ3) is 3.30. The van der Waals surface area contributed by atoms with Gasteiger partial charge in [0.15, 0.2) is 0 Å². The maximum absolute atomic E-state index is 14.2. The van der Waals surface area contributed by atoms with Crippen molar-refractivity contribution in [2.75, 3.05) is 0 Å². The van der Waals surface area contributed by atoms with Gasteiger partial charge in [-0.1, -0.05) is 0 Å². The highest BCUT2D eigenvalue weighted by Crippen LogP contribution is 2.26. The van der Waals surface area contributed by atoms with Crippen molar-refractivity contribution >= 4 is 17.4 Å². The van der Waals surface area contributed by atoms with Gasteiger partial charge >= 0.3 is 0 Å². The van der Waals surface area contributed by atoms with E-state index in [1.165, 1.54) is 12.4 Å². The predicted octanol–water partition coefficient (Wildman–Crippen LogP) is 3.64. The van der Waals surface area contributed by atoms with Crippen LogP contribution >= 0.6 is 11.5 Å². The van der Waals surface area contributed by atoms with Crippen molar-refractivity contribution in [3.05, 3.63) is 82.1 Å². The number of hydrogen-bond acceptors (Lipinski definition) is 4. The van der Waals surface area contributed by atoms with Crippen LogP contribution < -0.4 is 5.32 Å². The molecule has 4 nitrogen and oxygen atoms in total. The summed E-state index contributed by atoms with van der Waals surface area (Å²) in [6.07, 6.45) is 3.06. The topological polar surface area (TPSA) is 54.9 Å². The van der Waals surface area contributed by atoms with Gasteiger partial charge in [-0.05, 0) is 54.4 Å². The molecule has 0 spiro atoms. The molecule has 0 aliphatic heterocycles. The van der Waals surface area contributed by atoms with Crippen LogP contribution in [0.1, 0.15) is 33.2 Å². The van der Waals surface area contributed by atoms with E-state index in [1.807, 2.05) is 0 Å². The van der Waals surface area contributed by atoms with Crippen LogP contribution in [0.15, 0.2) is 48.1 Å². The Balaban J connectivity index is 2.01. The van der Waals surface area contributed by atoms with Crippen LogP contribution in [0.4, 0.5) is 8.78 Å². The summed E-state index contributed by atoms with van der Waals surface area (Å²) in [4.78, 5) is 16.4. The molecule has 24 heavy (non-hydrogen) atoms. The van der Waals surface area contributed by atoms with Gasteiger partial charge in [-0.25, -0.2) is 8.78 Å². The first-order valence-corrected chi connectivity index (χ1v) is 7.96. The molecular formula is C17H13F2N3OS. The maximum Gasteiger partial charge on any atom is 0.254 e. The lowest BCUT2D eigenvalue weighted by atomic mass is 9.98. The molecule has 0 saturated carbocycles. The fourth-order valence-electron chi connectivity index (χ4n) is 2.35. The van der Waals surface area contributed by atoms with Crippen molar-refractivity contribution < 1.29 is 13.6 Å². The van der Waals surface area contributed by atoms with Crippen LogP contribution in [0.5, 0.6) is 0 Å². The van der Waals surface area contributed by atoms with E-state index in [1.54, 1.807) is 24.4 Å². The van der Waals surface area contributed by atoms with E-state index >= 15 is 0 Å². The number of pyridine rings is 1. The maximum atomic E-state index is 14.2. The van der Waals surface area contributed by atoms with E-state index in [0.717, 1.165) is 29.7 Å². The molecule has 0 aliphatic carbocycles. The third-order valence-electron chi connectivity index (χ3n) is 3.58. The summed E-state index contributed by atoms with van der Waals surface area (Å²) in [7, 11) is 0. The van der Waals surface area contributed by atoms with Crippen molar-refractivity contribution in [1.82, 2.24) is 14.7 Å². The van der Waals surface area contributed by atoms with E-state index in [0.29, 0.717) is 16.8 Å². The second kappa shape index (κ2) is 6.84. The quantitative estimate of drug-likeness (QED) is 0.785. The number of rotatable bonds is 4. The summed E-state index contributed by atoms with van der Waals surface area (Å²) < 4.78 is 31.9. The summed E-state index contributed by atoms with van der Waals surface area (Å²) >= 11 is 1.16. The Hall–Kier alpha value is -2.67. The van der Waals surface area contributed by atoms with Gasteiger partial charge in [-0.3, -0.25) is 9.78 Å². The van der Waals surface area contributed by atoms with Gasteiger partial charge in [0.05, 0.1) is 17.3 Å². The van der Waals surface area contributed by atoms with Crippen LogP contribution in [-0.2, 0) is 0 Å². The van der Waals surface area contributed by atoms with Gasteiger partial charge in [-0.2, -0.15) is 4.37 Å². The van der Waals surface area contributed by atoms with Crippen molar-refractivity contribution in [2.24, 2.45) is 0 Å². The molecule has 1 amide bonds. The Morgan fingerprint density at radius 3 is 2.62 bits per heavy atom. The minimum atomic E-state index is -0.838. The van der Waals surface area contributed by atoms with Crippen LogP contribution in [0.3, 0.4) is 0 Å². The second-order valence-electron chi connectivity index (χ2n) is 5.17. The molecule has 0 saturated heterocycles. The molecule has 0 radical (unpaired) electrons. The molecule has 1 N–H and O–H groups in total. The molecule has 1 atom stereocenters. The molecule has 2 heterocycles. The first-order valence-electron chi connectivity index (χ1n) is 7.13. The lowest BCUT2D eigenvalue weighted by Gasteiger charge is -2.20. The van der Waals surface area contributed by atoms with Crippen LogP contribution in [0.2, 0.25) is 0 Å². The Morgan fingerprint density at radius 2 is 1.96 bits per heavy atom. The number of amides is 1. The Kier molecular flexibility index (Phi) is 4.61. The highest BCUT2D eigenvalue weighted by molar-refractivity contribution is 7.03. The minimum absolute atomic E-state index is 0.0513. The molecule has 1 unspecified atom stereocenters. The molecule has 0 fully saturated rings. The Bertz CT molecular complexity index is 867. The van der Waals surface area contributed by atoms with Crippen LogP contribution in [0.25, 0.3) is 0 Å². The summed E-state index contributed by atoms with van der Waals surface area (Å²) in [5.41, 5.74) is 1.65. The largest absolute Gasteiger partial charge is 0.341 e. The molecule has 2 aromatic heterocycles. The number of carbonyl (C=O) groups excluding carboxylic acids is 1. The van der Waals surface area contributed by atoms with Gasteiger partial charge in [-0.15, -0.1) is 0 Å². The van der Waals surface area contributed by atoms with E-state index in [4.69, 9.17) is 0 Å². The van der Waals surface area contributed by atoms with Gasteiger partial charge in [0.1, 0.15) is 11.6 Å². The summed E-state index contributed by atoms with van der Waals surface area (Å²) in [5, 5.41) is 4.38. The number of halogens is 2. The fourth-order valence-corrected chi connectivity index (χ4v) is 3.04. The van der Waals surface area contributed by atoms with E-state index in [9.17, 15) is 13.6 Å². The average molecular weight is 345 g/mol. The molecule has 3 aromatic rings. The van der Waals surface area contributed by atoms with E-state index in [-0.39, 0.29) is 5.56 Å². The smallest absolute Gasteiger partial charge is 0.254 e. The Labute approximate surface area is 141 Å². The lowest BCUT2D eigenvalue weighted by molar-refractivity contribution is 0.0942. The van der Waals surface area contributed by atoms with Gasteiger partial charge in [0.25, 0.3) is 5.91 Å². The highest BCUT2D eigenvalue weighted by atomic mass is 32.1. The number of benzene rings is 1. The number of nitrogens with zero attached hydrogens (tertiary/aromatic N) is 2. The number of aromatic nitrogens is 2. The third-order valence-corrected chi connectivity index (χ3v) is 4.30. The van der Waals surface area contributed by atoms with E-state index < -0.39 is 23.6 Å². The second-order valence-corrected chi connectivity index (χ2v) is 5.80. The molecule has 3 rings (SSSR count). The van der Waals surface area contributed by atoms with Crippen molar-refractivity contribution in [2.45, 2.75) is 13.0 Å². The first kappa shape index (κ1) is 16.2. The van der Waals surface area contributed by atoms with Gasteiger partial charge in [0.2, 0.25) is 0 Å². The van der Waals surface area contributed by atoms with E-state index in [2.05, 4.69) is 14.7 Å². The van der Waals surface area contributed by atoms with Crippen LogP contribution in [0, 0.1) is 18.6 Å². The monoisotopic (exact) mass is 345 g/mol. The number of aryl methyl sites for hydroxylation is 1. The summed E-state index contributed by atoms with van der Waals surface area (Å²) in [6, 6.07) is 5.62. The SMILES string of the molecule is Cc1nscc1C(=O)NC(c1ccncc1)c1cc(F)ccc1F. The predicted molar refractivity (Wildman–Crippen MR) is 86.8 cm³/mol. The summed E-state index contributed by atoms with van der Waals surface area (Å²) in [5.74, 6) is -1.57. The zero-order valence-corrected chi connectivity index (χ0v) is 13.5. The normalized spacial score (nSPS) is 12.0. The highest BCUT2D eigenvalue weighted by Gasteiger charge is 2.23. The van der Waals surface area contributed by atoms with Gasteiger partial charge < -0.3 is 5.32 Å². The average Bonchev–Trinajstić information content (AvgIpc) is 3.02. The molecule has 7 heteroatoms. The van der Waals surface area contributed by atoms with Crippen LogP contribution in [-0.4, -0.2) is 15.3 Å². The molecular weight excluding hydrogens is 332 g/mol. The van der Waals surface area contributed by atoms with Crippen molar-refractivity contribution in [3.63, 3.8) is 0 Å². The zero-order valence-electron chi connectivity index (χ0n) is 12.7. The molecule has 0 bridgehead atoms. The Morgan fingerprint density at radius 1 is 1.21 bits per heavy atom. The first-order chi connectivity index (χ1) is 11.6. The standard InChI is InChI=1S/C17H13F2N3OS/c1-10-14(9-24-22-10)17(23)21-16(11-4-6-20-7-5-11)13-8-12(18)2-3-15(13)19/h2-9,16H,1H3,(H,21,23). The number of nitrogens with one attached hydrogen (secondary N) is 1.